The van der Waals surface area contributed by atoms with Crippen molar-refractivity contribution in [1.29, 1.82) is 0 Å². The highest BCUT2D eigenvalue weighted by molar-refractivity contribution is 7.13. The zero-order valence-corrected chi connectivity index (χ0v) is 13.3. The van der Waals surface area contributed by atoms with E-state index in [-0.39, 0.29) is 16.5 Å². The molecule has 0 aliphatic carbocycles. The lowest BCUT2D eigenvalue weighted by Gasteiger charge is -2.22. The Morgan fingerprint density at radius 1 is 1.48 bits per heavy atom. The molecule has 7 heteroatoms. The van der Waals surface area contributed by atoms with E-state index in [0.717, 1.165) is 29.8 Å². The number of H-pyrrole nitrogens is 1. The molecule has 1 saturated heterocycles. The standard InChI is InChI=1S/C14H16ClN3O2S/c1-2-9-12(21-7-16-9)13-17-11(10(15)14(19)18-13)8-3-5-20-6-4-8/h7-8H,2-6H2,1H3,(H,17,18,19). The quantitative estimate of drug-likeness (QED) is 0.942. The second kappa shape index (κ2) is 6.25. The Bertz CT molecular complexity index is 692. The highest BCUT2D eigenvalue weighted by Crippen LogP contribution is 2.31. The Hall–Kier alpha value is -1.24. The number of hydrogen-bond acceptors (Lipinski definition) is 5. The van der Waals surface area contributed by atoms with E-state index in [1.807, 2.05) is 6.92 Å². The number of rotatable bonds is 3. The molecule has 0 aromatic carbocycles. The molecule has 2 aromatic heterocycles. The summed E-state index contributed by atoms with van der Waals surface area (Å²) in [4.78, 5) is 24.8. The van der Waals surface area contributed by atoms with Crippen LogP contribution in [-0.2, 0) is 11.2 Å². The maximum Gasteiger partial charge on any atom is 0.270 e. The van der Waals surface area contributed by atoms with Crippen LogP contribution in [0.2, 0.25) is 5.02 Å². The van der Waals surface area contributed by atoms with E-state index in [4.69, 9.17) is 16.3 Å². The molecule has 0 saturated carbocycles. The van der Waals surface area contributed by atoms with Crippen molar-refractivity contribution >= 4 is 22.9 Å². The van der Waals surface area contributed by atoms with Crippen molar-refractivity contribution in [1.82, 2.24) is 15.0 Å². The van der Waals surface area contributed by atoms with Crippen molar-refractivity contribution in [3.63, 3.8) is 0 Å². The van der Waals surface area contributed by atoms with Crippen LogP contribution in [0, 0.1) is 0 Å². The lowest BCUT2D eigenvalue weighted by atomic mass is 9.96. The van der Waals surface area contributed by atoms with Crippen molar-refractivity contribution in [3.8, 4) is 10.7 Å². The third-order valence-electron chi connectivity index (χ3n) is 3.69. The highest BCUT2D eigenvalue weighted by Gasteiger charge is 2.23. The largest absolute Gasteiger partial charge is 0.381 e. The van der Waals surface area contributed by atoms with Gasteiger partial charge in [-0.05, 0) is 19.3 Å². The highest BCUT2D eigenvalue weighted by atomic mass is 35.5. The van der Waals surface area contributed by atoms with Crippen molar-refractivity contribution in [2.45, 2.75) is 32.1 Å². The first-order chi connectivity index (χ1) is 10.2. The van der Waals surface area contributed by atoms with E-state index in [1.54, 1.807) is 5.51 Å². The third-order valence-corrected chi connectivity index (χ3v) is 4.93. The van der Waals surface area contributed by atoms with Crippen LogP contribution < -0.4 is 5.56 Å². The van der Waals surface area contributed by atoms with E-state index < -0.39 is 0 Å². The van der Waals surface area contributed by atoms with E-state index in [0.29, 0.717) is 24.7 Å². The SMILES string of the molecule is CCc1ncsc1-c1nc(C2CCOCC2)c(Cl)c(=O)[nH]1. The number of aromatic nitrogens is 3. The number of nitrogens with zero attached hydrogens (tertiary/aromatic N) is 2. The summed E-state index contributed by atoms with van der Waals surface area (Å²) in [7, 11) is 0. The molecule has 0 amide bonds. The number of hydrogen-bond donors (Lipinski definition) is 1. The summed E-state index contributed by atoms with van der Waals surface area (Å²) in [5.74, 6) is 0.760. The van der Waals surface area contributed by atoms with E-state index in [9.17, 15) is 4.79 Å². The summed E-state index contributed by atoms with van der Waals surface area (Å²) in [5, 5.41) is 0.202. The summed E-state index contributed by atoms with van der Waals surface area (Å²) < 4.78 is 5.37. The molecule has 0 radical (unpaired) electrons. The Labute approximate surface area is 131 Å². The van der Waals surface area contributed by atoms with Gasteiger partial charge in [0.05, 0.1) is 21.8 Å². The number of thiazole rings is 1. The molecule has 0 unspecified atom stereocenters. The number of nitrogens with one attached hydrogen (secondary N) is 1. The lowest BCUT2D eigenvalue weighted by molar-refractivity contribution is 0.0845. The van der Waals surface area contributed by atoms with Crippen LogP contribution in [0.5, 0.6) is 0 Å². The molecule has 112 valence electrons. The van der Waals surface area contributed by atoms with Crippen LogP contribution in [0.25, 0.3) is 10.7 Å². The maximum atomic E-state index is 12.1. The molecule has 1 aliphatic heterocycles. The first-order valence-electron chi connectivity index (χ1n) is 7.01. The van der Waals surface area contributed by atoms with Crippen LogP contribution in [0.3, 0.4) is 0 Å². The second-order valence-corrected chi connectivity index (χ2v) is 6.21. The van der Waals surface area contributed by atoms with Gasteiger partial charge in [-0.1, -0.05) is 18.5 Å². The number of halogens is 1. The minimum atomic E-state index is -0.279. The van der Waals surface area contributed by atoms with E-state index in [2.05, 4.69) is 15.0 Å². The zero-order chi connectivity index (χ0) is 14.8. The van der Waals surface area contributed by atoms with Gasteiger partial charge in [0.25, 0.3) is 5.56 Å². The minimum absolute atomic E-state index is 0.185. The first-order valence-corrected chi connectivity index (χ1v) is 8.26. The van der Waals surface area contributed by atoms with Crippen molar-refractivity contribution in [2.75, 3.05) is 13.2 Å². The maximum absolute atomic E-state index is 12.1. The second-order valence-electron chi connectivity index (χ2n) is 4.98. The summed E-state index contributed by atoms with van der Waals surface area (Å²) in [6.07, 6.45) is 2.50. The summed E-state index contributed by atoms with van der Waals surface area (Å²) >= 11 is 7.66. The summed E-state index contributed by atoms with van der Waals surface area (Å²) in [5.41, 5.74) is 3.13. The molecule has 0 spiro atoms. The number of aromatic amines is 1. The van der Waals surface area contributed by atoms with E-state index >= 15 is 0 Å². The first kappa shape index (κ1) is 14.7. The average Bonchev–Trinajstić information content (AvgIpc) is 2.99. The predicted molar refractivity (Wildman–Crippen MR) is 83.1 cm³/mol. The summed E-state index contributed by atoms with van der Waals surface area (Å²) in [6, 6.07) is 0. The summed E-state index contributed by atoms with van der Waals surface area (Å²) in [6.45, 7) is 3.41. The normalized spacial score (nSPS) is 16.3. The van der Waals surface area contributed by atoms with Crippen molar-refractivity contribution in [2.24, 2.45) is 0 Å². The van der Waals surface area contributed by atoms with E-state index in [1.165, 1.54) is 11.3 Å². The molecular formula is C14H16ClN3O2S. The smallest absolute Gasteiger partial charge is 0.270 e. The molecule has 3 heterocycles. The Kier molecular flexibility index (Phi) is 4.37. The molecule has 21 heavy (non-hydrogen) atoms. The topological polar surface area (TPSA) is 67.9 Å². The van der Waals surface area contributed by atoms with Gasteiger partial charge in [-0.2, -0.15) is 0 Å². The zero-order valence-electron chi connectivity index (χ0n) is 11.7. The molecule has 5 nitrogen and oxygen atoms in total. The van der Waals surface area contributed by atoms with Gasteiger partial charge in [0, 0.05) is 19.1 Å². The molecular weight excluding hydrogens is 310 g/mol. The fraction of sp³-hybridized carbons (Fsp3) is 0.500. The Morgan fingerprint density at radius 3 is 2.95 bits per heavy atom. The Balaban J connectivity index is 2.07. The van der Waals surface area contributed by atoms with Gasteiger partial charge in [0.15, 0.2) is 5.82 Å². The van der Waals surface area contributed by atoms with Gasteiger partial charge in [-0.15, -0.1) is 11.3 Å². The van der Waals surface area contributed by atoms with Gasteiger partial charge in [0.1, 0.15) is 5.02 Å². The minimum Gasteiger partial charge on any atom is -0.381 e. The predicted octanol–water partition coefficient (Wildman–Crippen LogP) is 3.00. The van der Waals surface area contributed by atoms with Crippen LogP contribution >= 0.6 is 22.9 Å². The monoisotopic (exact) mass is 325 g/mol. The van der Waals surface area contributed by atoms with Gasteiger partial charge >= 0.3 is 0 Å². The number of aryl methyl sites for hydroxylation is 1. The molecule has 1 N–H and O–H groups in total. The van der Waals surface area contributed by atoms with Crippen LogP contribution in [0.4, 0.5) is 0 Å². The van der Waals surface area contributed by atoms with Gasteiger partial charge in [-0.25, -0.2) is 9.97 Å². The lowest BCUT2D eigenvalue weighted by Crippen LogP contribution is -2.20. The molecule has 0 atom stereocenters. The van der Waals surface area contributed by atoms with Crippen LogP contribution in [-0.4, -0.2) is 28.2 Å². The Morgan fingerprint density at radius 2 is 2.24 bits per heavy atom. The molecule has 2 aromatic rings. The number of ether oxygens (including phenoxy) is 1. The average molecular weight is 326 g/mol. The van der Waals surface area contributed by atoms with Crippen molar-refractivity contribution < 1.29 is 4.74 Å². The van der Waals surface area contributed by atoms with Crippen LogP contribution in [0.1, 0.15) is 37.1 Å². The van der Waals surface area contributed by atoms with Gasteiger partial charge in [-0.3, -0.25) is 4.79 Å². The molecule has 1 fully saturated rings. The molecule has 1 aliphatic rings. The fourth-order valence-corrected chi connectivity index (χ4v) is 3.61. The molecule has 3 rings (SSSR count). The fourth-order valence-electron chi connectivity index (χ4n) is 2.54. The van der Waals surface area contributed by atoms with Gasteiger partial charge < -0.3 is 9.72 Å². The van der Waals surface area contributed by atoms with Gasteiger partial charge in [0.2, 0.25) is 0 Å². The van der Waals surface area contributed by atoms with Crippen molar-refractivity contribution in [3.05, 3.63) is 32.3 Å². The molecule has 0 bridgehead atoms. The third kappa shape index (κ3) is 2.88. The van der Waals surface area contributed by atoms with Crippen LogP contribution in [0.15, 0.2) is 10.3 Å².